The van der Waals surface area contributed by atoms with Crippen LogP contribution in [0.3, 0.4) is 0 Å². The van der Waals surface area contributed by atoms with Crippen LogP contribution < -0.4 is 5.32 Å². The monoisotopic (exact) mass is 82.1 g/mol. The first-order chi connectivity index (χ1) is 2.89. The zero-order chi connectivity index (χ0) is 4.41. The van der Waals surface area contributed by atoms with Gasteiger partial charge in [0.15, 0.2) is 0 Å². The molecule has 32 valence electrons. The molecule has 1 aliphatic rings. The Morgan fingerprint density at radius 2 is 2.83 bits per heavy atom. The van der Waals surface area contributed by atoms with Crippen molar-refractivity contribution in [2.24, 2.45) is 4.99 Å². The van der Waals surface area contributed by atoms with Gasteiger partial charge in [0.2, 0.25) is 0 Å². The molecule has 2 heteroatoms. The number of aliphatic imine (C=N–C) groups is 1. The number of rotatable bonds is 0. The molecule has 1 N–H and O–H groups in total. The van der Waals surface area contributed by atoms with Gasteiger partial charge >= 0.3 is 0 Å². The van der Waals surface area contributed by atoms with E-state index in [1.54, 1.807) is 0 Å². The molecule has 6 heavy (non-hydrogen) atoms. The van der Waals surface area contributed by atoms with Crippen LogP contribution in [0.2, 0.25) is 0 Å². The van der Waals surface area contributed by atoms with Gasteiger partial charge in [0, 0.05) is 6.54 Å². The second kappa shape index (κ2) is 1.29. The first kappa shape index (κ1) is 3.65. The van der Waals surface area contributed by atoms with E-state index < -0.39 is 0 Å². The van der Waals surface area contributed by atoms with Crippen LogP contribution in [0, 0.1) is 6.54 Å². The summed E-state index contributed by atoms with van der Waals surface area (Å²) in [5, 5.41) is 2.96. The van der Waals surface area contributed by atoms with E-state index in [0.29, 0.717) is 0 Å². The molecule has 1 rings (SSSR count). The van der Waals surface area contributed by atoms with Crippen molar-refractivity contribution >= 4 is 5.84 Å². The van der Waals surface area contributed by atoms with Crippen LogP contribution in [0.25, 0.3) is 0 Å². The van der Waals surface area contributed by atoms with Gasteiger partial charge in [0.25, 0.3) is 0 Å². The van der Waals surface area contributed by atoms with Gasteiger partial charge in [-0.1, -0.05) is 0 Å². The summed E-state index contributed by atoms with van der Waals surface area (Å²) in [6.45, 7) is 5.45. The second-order valence-corrected chi connectivity index (χ2v) is 1.21. The van der Waals surface area contributed by atoms with E-state index in [1.807, 2.05) is 6.92 Å². The van der Waals surface area contributed by atoms with Crippen LogP contribution >= 0.6 is 0 Å². The van der Waals surface area contributed by atoms with E-state index in [2.05, 4.69) is 16.9 Å². The minimum atomic E-state index is 0.784. The van der Waals surface area contributed by atoms with Gasteiger partial charge in [-0.25, -0.2) is 0 Å². The normalized spacial score (nSPS) is 19.8. The number of amidine groups is 1. The quantitative estimate of drug-likeness (QED) is 0.438. The molecule has 0 amide bonds. The molecule has 0 atom stereocenters. The summed E-state index contributed by atoms with van der Waals surface area (Å²) >= 11 is 0. The van der Waals surface area contributed by atoms with Crippen LogP contribution in [0.15, 0.2) is 4.99 Å². The lowest BCUT2D eigenvalue weighted by Gasteiger charge is -1.85. The molecule has 0 aromatic heterocycles. The fraction of sp³-hybridized carbons (Fsp3) is 0.500. The Labute approximate surface area is 37.3 Å². The summed E-state index contributed by atoms with van der Waals surface area (Å²) in [6, 6.07) is 0. The molecule has 0 aromatic rings. The third-order valence-electron chi connectivity index (χ3n) is 0.670. The van der Waals surface area contributed by atoms with Crippen LogP contribution in [0.1, 0.15) is 6.92 Å². The Morgan fingerprint density at radius 3 is 3.00 bits per heavy atom. The van der Waals surface area contributed by atoms with E-state index in [4.69, 9.17) is 0 Å². The molecule has 0 saturated heterocycles. The van der Waals surface area contributed by atoms with Crippen LogP contribution in [-0.2, 0) is 0 Å². The summed E-state index contributed by atoms with van der Waals surface area (Å²) < 4.78 is 0. The van der Waals surface area contributed by atoms with Crippen LogP contribution in [-0.4, -0.2) is 12.4 Å². The highest BCUT2D eigenvalue weighted by Crippen LogP contribution is 1.85. The van der Waals surface area contributed by atoms with Gasteiger partial charge < -0.3 is 5.32 Å². The standard InChI is InChI=1S/C4H6N2/c1-4-5-2-3-6-4/h5H,2H2,1H3. The van der Waals surface area contributed by atoms with E-state index >= 15 is 0 Å². The maximum absolute atomic E-state index is 3.79. The van der Waals surface area contributed by atoms with E-state index in [1.165, 1.54) is 0 Å². The second-order valence-electron chi connectivity index (χ2n) is 1.21. The van der Waals surface area contributed by atoms with Crippen molar-refractivity contribution in [3.05, 3.63) is 6.54 Å². The highest BCUT2D eigenvalue weighted by atomic mass is 15.0. The molecule has 0 fully saturated rings. The maximum Gasteiger partial charge on any atom is 0.139 e. The topological polar surface area (TPSA) is 24.4 Å². The number of nitrogens with zero attached hydrogens (tertiary/aromatic N) is 1. The lowest BCUT2D eigenvalue weighted by atomic mass is 10.7. The molecule has 0 aliphatic carbocycles. The molecule has 2 nitrogen and oxygen atoms in total. The van der Waals surface area contributed by atoms with Gasteiger partial charge in [-0.15, -0.1) is 0 Å². The van der Waals surface area contributed by atoms with Crippen LogP contribution in [0.4, 0.5) is 0 Å². The average molecular weight is 82.1 g/mol. The van der Waals surface area contributed by atoms with Crippen molar-refractivity contribution in [1.29, 1.82) is 0 Å². The summed E-state index contributed by atoms with van der Waals surface area (Å²) in [4.78, 5) is 3.79. The van der Waals surface area contributed by atoms with Gasteiger partial charge in [0.1, 0.15) is 6.54 Å². The first-order valence-corrected chi connectivity index (χ1v) is 1.90. The first-order valence-electron chi connectivity index (χ1n) is 1.90. The summed E-state index contributed by atoms with van der Waals surface area (Å²) in [5.41, 5.74) is 0. The van der Waals surface area contributed by atoms with Crippen molar-refractivity contribution < 1.29 is 0 Å². The Morgan fingerprint density at radius 1 is 2.00 bits per heavy atom. The van der Waals surface area contributed by atoms with Gasteiger partial charge in [0.05, 0.1) is 5.84 Å². The van der Waals surface area contributed by atoms with E-state index in [-0.39, 0.29) is 0 Å². The molecule has 0 unspecified atom stereocenters. The Kier molecular flexibility index (Phi) is 0.783. The van der Waals surface area contributed by atoms with Crippen molar-refractivity contribution in [3.8, 4) is 0 Å². The minimum absolute atomic E-state index is 0.784. The number of nitrogens with one attached hydrogen (secondary N) is 1. The predicted molar refractivity (Wildman–Crippen MR) is 24.4 cm³/mol. The lowest BCUT2D eigenvalue weighted by molar-refractivity contribution is 1.04. The van der Waals surface area contributed by atoms with Crippen molar-refractivity contribution in [2.45, 2.75) is 6.92 Å². The predicted octanol–water partition coefficient (Wildman–Crippen LogP) is 0.0468. The Balaban J connectivity index is 2.45. The number of hydrogen-bond donors (Lipinski definition) is 1. The van der Waals surface area contributed by atoms with Crippen molar-refractivity contribution in [2.75, 3.05) is 6.54 Å². The molecule has 0 bridgehead atoms. The molecule has 2 radical (unpaired) electrons. The van der Waals surface area contributed by atoms with Gasteiger partial charge in [-0.05, 0) is 6.92 Å². The third-order valence-corrected chi connectivity index (χ3v) is 0.670. The van der Waals surface area contributed by atoms with Crippen molar-refractivity contribution in [1.82, 2.24) is 5.32 Å². The average Bonchev–Trinajstić information content (AvgIpc) is 1.86. The van der Waals surface area contributed by atoms with Crippen molar-refractivity contribution in [3.63, 3.8) is 0 Å². The highest BCUT2D eigenvalue weighted by Gasteiger charge is 1.95. The zero-order valence-corrected chi connectivity index (χ0v) is 3.65. The largest absolute Gasteiger partial charge is 0.371 e. The fourth-order valence-electron chi connectivity index (χ4n) is 0.365. The molecule has 0 aromatic carbocycles. The van der Waals surface area contributed by atoms with E-state index in [0.717, 1.165) is 12.4 Å². The summed E-state index contributed by atoms with van der Waals surface area (Å²) in [6.07, 6.45) is 0. The molecule has 1 aliphatic heterocycles. The summed E-state index contributed by atoms with van der Waals surface area (Å²) in [7, 11) is 0. The van der Waals surface area contributed by atoms with E-state index in [9.17, 15) is 0 Å². The third kappa shape index (κ3) is 0.506. The summed E-state index contributed by atoms with van der Waals surface area (Å²) in [5.74, 6) is 0.968. The Hall–Kier alpha value is -0.530. The smallest absolute Gasteiger partial charge is 0.139 e. The maximum atomic E-state index is 3.79. The highest BCUT2D eigenvalue weighted by molar-refractivity contribution is 5.81. The molecular weight excluding hydrogens is 76.1 g/mol. The molecule has 0 spiro atoms. The molecule has 1 heterocycles. The lowest BCUT2D eigenvalue weighted by Crippen LogP contribution is -2.13. The molecular formula is C4H6N2. The minimum Gasteiger partial charge on any atom is -0.371 e. The molecule has 0 saturated carbocycles. The van der Waals surface area contributed by atoms with Gasteiger partial charge in [-0.2, -0.15) is 0 Å². The SMILES string of the molecule is CC1=N[C]CN1. The van der Waals surface area contributed by atoms with Gasteiger partial charge in [-0.3, -0.25) is 4.99 Å². The number of hydrogen-bond acceptors (Lipinski definition) is 2. The Bertz CT molecular complexity index is 75.6. The zero-order valence-electron chi connectivity index (χ0n) is 3.65. The fourth-order valence-corrected chi connectivity index (χ4v) is 0.365. The van der Waals surface area contributed by atoms with Crippen LogP contribution in [0.5, 0.6) is 0 Å².